The van der Waals surface area contributed by atoms with E-state index in [2.05, 4.69) is 68.3 Å². The van der Waals surface area contributed by atoms with Crippen molar-refractivity contribution in [2.24, 2.45) is 0 Å². The summed E-state index contributed by atoms with van der Waals surface area (Å²) in [5.41, 5.74) is 4.07. The van der Waals surface area contributed by atoms with Gasteiger partial charge in [0, 0.05) is 29.9 Å². The molecule has 0 atom stereocenters. The molecule has 0 saturated carbocycles. The third kappa shape index (κ3) is 6.54. The van der Waals surface area contributed by atoms with E-state index in [1.165, 1.54) is 16.9 Å². The molecule has 26 heavy (non-hydrogen) atoms. The smallest absolute Gasteiger partial charge is 0.418 e. The third-order valence-electron chi connectivity index (χ3n) is 3.91. The first-order valence-corrected chi connectivity index (χ1v) is 8.20. The second-order valence-corrected chi connectivity index (χ2v) is 6.63. The molecule has 0 fully saturated rings. The van der Waals surface area contributed by atoms with Gasteiger partial charge in [-0.2, -0.15) is 0 Å². The lowest BCUT2D eigenvalue weighted by atomic mass is 9.84. The zero-order valence-electron chi connectivity index (χ0n) is 15.8. The Kier molecular flexibility index (Phi) is 7.42. The lowest BCUT2D eigenvalue weighted by Crippen LogP contribution is -2.22. The second-order valence-electron chi connectivity index (χ2n) is 6.63. The predicted molar refractivity (Wildman–Crippen MR) is 103 cm³/mol. The molecule has 0 aromatic heterocycles. The molecule has 0 radical (unpaired) electrons. The number of para-hydroxylation sites is 1. The average molecular weight is 368 g/mol. The van der Waals surface area contributed by atoms with Gasteiger partial charge in [0.25, 0.3) is 0 Å². The van der Waals surface area contributed by atoms with Crippen LogP contribution >= 0.6 is 0 Å². The molecule has 1 aliphatic heterocycles. The summed E-state index contributed by atoms with van der Waals surface area (Å²) in [5, 5.41) is 0. The Hall–Kier alpha value is -2.31. The topological polar surface area (TPSA) is 6.25 Å². The van der Waals surface area contributed by atoms with Crippen LogP contribution < -0.4 is 4.90 Å². The van der Waals surface area contributed by atoms with Crippen LogP contribution in [0.15, 0.2) is 60.3 Å². The zero-order chi connectivity index (χ0) is 20.0. The molecule has 2 nitrogen and oxygen atoms in total. The zero-order valence-corrected chi connectivity index (χ0v) is 15.8. The van der Waals surface area contributed by atoms with Gasteiger partial charge in [0.15, 0.2) is 6.21 Å². The van der Waals surface area contributed by atoms with E-state index in [0.717, 1.165) is 0 Å². The van der Waals surface area contributed by atoms with Gasteiger partial charge in [-0.3, -0.25) is 0 Å². The molecule has 1 aromatic rings. The number of fused-ring (bicyclic) bond motifs is 1. The minimum Gasteiger partial charge on any atom is -0.418 e. The van der Waals surface area contributed by atoms with Crippen molar-refractivity contribution >= 4 is 19.2 Å². The van der Waals surface area contributed by atoms with Crippen molar-refractivity contribution in [2.75, 3.05) is 26.0 Å². The molecular weight excluding hydrogens is 343 g/mol. The number of allylic oxidation sites excluding steroid dienone is 6. The highest BCUT2D eigenvalue weighted by molar-refractivity contribution is 6.50. The Balaban J connectivity index is 0.000000597. The van der Waals surface area contributed by atoms with Gasteiger partial charge in [-0.25, -0.2) is 4.58 Å². The Labute approximate surface area is 152 Å². The summed E-state index contributed by atoms with van der Waals surface area (Å²) in [5.74, 6) is 0. The van der Waals surface area contributed by atoms with Gasteiger partial charge in [-0.15, -0.1) is 0 Å². The van der Waals surface area contributed by atoms with E-state index in [0.29, 0.717) is 0 Å². The Morgan fingerprint density at radius 1 is 0.962 bits per heavy atom. The van der Waals surface area contributed by atoms with Gasteiger partial charge >= 0.3 is 7.25 Å². The van der Waals surface area contributed by atoms with Crippen molar-refractivity contribution < 1.29 is 21.8 Å². The lowest BCUT2D eigenvalue weighted by Gasteiger charge is -2.23. The molecule has 142 valence electrons. The maximum atomic E-state index is 9.75. The molecule has 1 heterocycles. The minimum atomic E-state index is -6.00. The highest BCUT2D eigenvalue weighted by Crippen LogP contribution is 2.46. The maximum Gasteiger partial charge on any atom is 0.673 e. The molecule has 0 unspecified atom stereocenters. The molecule has 0 aliphatic carbocycles. The van der Waals surface area contributed by atoms with Crippen molar-refractivity contribution in [1.82, 2.24) is 0 Å². The number of likely N-dealkylation sites (N-methyl/N-ethyl adjacent to an activating group) is 1. The highest BCUT2D eigenvalue weighted by Gasteiger charge is 2.37. The van der Waals surface area contributed by atoms with Crippen LogP contribution in [0, 0.1) is 0 Å². The van der Waals surface area contributed by atoms with Crippen LogP contribution in [0.4, 0.5) is 23.0 Å². The summed E-state index contributed by atoms with van der Waals surface area (Å²) >= 11 is 0. The first-order valence-electron chi connectivity index (χ1n) is 8.20. The first kappa shape index (κ1) is 21.7. The minimum absolute atomic E-state index is 0.0508. The van der Waals surface area contributed by atoms with Crippen LogP contribution in [-0.2, 0) is 5.41 Å². The van der Waals surface area contributed by atoms with Crippen LogP contribution in [0.2, 0.25) is 0 Å². The summed E-state index contributed by atoms with van der Waals surface area (Å²) < 4.78 is 41.0. The molecule has 2 rings (SSSR count). The van der Waals surface area contributed by atoms with Crippen LogP contribution in [0.5, 0.6) is 0 Å². The van der Waals surface area contributed by atoms with Crippen molar-refractivity contribution in [3.63, 3.8) is 0 Å². The highest BCUT2D eigenvalue weighted by atomic mass is 19.5. The van der Waals surface area contributed by atoms with Crippen LogP contribution in [0.25, 0.3) is 0 Å². The normalized spacial score (nSPS) is 17.4. The second kappa shape index (κ2) is 8.87. The number of rotatable bonds is 3. The number of hydrogen-bond acceptors (Lipinski definition) is 1. The van der Waals surface area contributed by atoms with Crippen molar-refractivity contribution in [3.05, 3.63) is 65.9 Å². The molecule has 1 aliphatic rings. The fourth-order valence-electron chi connectivity index (χ4n) is 2.80. The van der Waals surface area contributed by atoms with E-state index < -0.39 is 7.25 Å². The number of benzene rings is 1. The van der Waals surface area contributed by atoms with E-state index in [9.17, 15) is 17.3 Å². The van der Waals surface area contributed by atoms with Gasteiger partial charge < -0.3 is 22.2 Å². The van der Waals surface area contributed by atoms with Gasteiger partial charge in [0.05, 0.1) is 0 Å². The van der Waals surface area contributed by atoms with E-state index in [1.54, 1.807) is 0 Å². The maximum absolute atomic E-state index is 9.75. The average Bonchev–Trinajstić information content (AvgIpc) is 2.69. The molecule has 7 heteroatoms. The van der Waals surface area contributed by atoms with E-state index in [1.807, 2.05) is 37.0 Å². The third-order valence-corrected chi connectivity index (χ3v) is 3.91. The Morgan fingerprint density at radius 3 is 2.04 bits per heavy atom. The summed E-state index contributed by atoms with van der Waals surface area (Å²) in [4.78, 5) is 2.29. The molecule has 0 saturated heterocycles. The molecule has 0 N–H and O–H groups in total. The van der Waals surface area contributed by atoms with E-state index in [4.69, 9.17) is 0 Å². The first-order chi connectivity index (χ1) is 11.9. The fourth-order valence-corrected chi connectivity index (χ4v) is 2.80. The Bertz CT molecular complexity index is 721. The number of nitrogens with zero attached hydrogens (tertiary/aromatic N) is 2. The van der Waals surface area contributed by atoms with Gasteiger partial charge in [-0.05, 0) is 17.7 Å². The molecule has 0 bridgehead atoms. The van der Waals surface area contributed by atoms with Gasteiger partial charge in [-0.1, -0.05) is 50.3 Å². The van der Waals surface area contributed by atoms with Crippen LogP contribution in [0.3, 0.4) is 0 Å². The number of halogens is 4. The Morgan fingerprint density at radius 2 is 1.50 bits per heavy atom. The summed E-state index contributed by atoms with van der Waals surface area (Å²) in [6.07, 6.45) is 12.5. The van der Waals surface area contributed by atoms with E-state index >= 15 is 0 Å². The quantitative estimate of drug-likeness (QED) is 0.238. The van der Waals surface area contributed by atoms with Gasteiger partial charge in [0.2, 0.25) is 0 Å². The molecule has 1 aromatic carbocycles. The van der Waals surface area contributed by atoms with Crippen LogP contribution in [-0.4, -0.2) is 39.2 Å². The van der Waals surface area contributed by atoms with Crippen molar-refractivity contribution in [3.8, 4) is 0 Å². The molecule has 0 amide bonds. The SMILES string of the molecule is CN1C(=CC=CC=CC=[N+](C)C)C(C)(C)c2ccccc21.F[B-](F)(F)F. The summed E-state index contributed by atoms with van der Waals surface area (Å²) in [7, 11) is 0.176. The van der Waals surface area contributed by atoms with Crippen LogP contribution in [0.1, 0.15) is 19.4 Å². The largest absolute Gasteiger partial charge is 0.673 e. The predicted octanol–water partition coefficient (Wildman–Crippen LogP) is 5.05. The van der Waals surface area contributed by atoms with Crippen molar-refractivity contribution in [1.29, 1.82) is 0 Å². The van der Waals surface area contributed by atoms with E-state index in [-0.39, 0.29) is 5.41 Å². The summed E-state index contributed by atoms with van der Waals surface area (Å²) in [6, 6.07) is 8.63. The number of hydrogen-bond donors (Lipinski definition) is 0. The summed E-state index contributed by atoms with van der Waals surface area (Å²) in [6.45, 7) is 4.56. The van der Waals surface area contributed by atoms with Crippen molar-refractivity contribution in [2.45, 2.75) is 19.3 Å². The monoisotopic (exact) mass is 368 g/mol. The molecule has 0 spiro atoms. The van der Waals surface area contributed by atoms with Gasteiger partial charge in [0.1, 0.15) is 14.1 Å². The number of anilines is 1. The fraction of sp³-hybridized carbons (Fsp3) is 0.316. The standard InChI is InChI=1S/C19H25N2.BF4/c1-19(2)16-12-9-10-13-17(16)21(5)18(19)14-8-6-7-11-15-20(3)4;2-1(3,4)5/h6-15H,1-5H3;/q+1;-1. The molecular formula is C19H25BF4N2. The lowest BCUT2D eigenvalue weighted by molar-refractivity contribution is -0.458.